The molecular formula is C32H24IrN3OSi-. The largest absolute Gasteiger partial charge is 0.507 e. The van der Waals surface area contributed by atoms with Crippen LogP contribution in [0.4, 0.5) is 0 Å². The van der Waals surface area contributed by atoms with Gasteiger partial charge in [-0.25, -0.2) is 0 Å². The zero-order chi connectivity index (χ0) is 25.1. The van der Waals surface area contributed by atoms with Gasteiger partial charge in [0, 0.05) is 44.3 Å². The summed E-state index contributed by atoms with van der Waals surface area (Å²) in [7, 11) is -2.48. The van der Waals surface area contributed by atoms with E-state index in [9.17, 15) is 5.11 Å². The number of phenolic OH excluding ortho intramolecular Hbond substituents is 1. The minimum absolute atomic E-state index is 0. The number of aromatic nitrogens is 3. The van der Waals surface area contributed by atoms with Crippen LogP contribution >= 0.6 is 0 Å². The van der Waals surface area contributed by atoms with E-state index in [0.717, 1.165) is 16.9 Å². The number of aromatic hydroxyl groups is 1. The van der Waals surface area contributed by atoms with Crippen LogP contribution in [0.5, 0.6) is 5.75 Å². The summed E-state index contributed by atoms with van der Waals surface area (Å²) in [6, 6.07) is 44.2. The third kappa shape index (κ3) is 4.33. The van der Waals surface area contributed by atoms with Gasteiger partial charge in [-0.1, -0.05) is 78.9 Å². The quantitative estimate of drug-likeness (QED) is 0.228. The summed E-state index contributed by atoms with van der Waals surface area (Å²) in [4.78, 5) is 4.68. The monoisotopic (exact) mass is 687 g/mol. The number of rotatable bonds is 3. The molecule has 7 rings (SSSR count). The first-order chi connectivity index (χ1) is 18.3. The topological polar surface area (TPSA) is 50.9 Å². The molecular weight excluding hydrogens is 663 g/mol. The smallest absolute Gasteiger partial charge is 0.182 e. The molecule has 4 nitrogen and oxygen atoms in total. The summed E-state index contributed by atoms with van der Waals surface area (Å²) < 4.78 is 1.78. The molecule has 0 aliphatic carbocycles. The molecule has 187 valence electrons. The first kappa shape index (κ1) is 25.6. The zero-order valence-corrected chi connectivity index (χ0v) is 23.8. The van der Waals surface area contributed by atoms with Crippen molar-refractivity contribution in [3.05, 3.63) is 146 Å². The van der Waals surface area contributed by atoms with Crippen LogP contribution in [0.15, 0.2) is 140 Å². The van der Waals surface area contributed by atoms with Crippen molar-refractivity contribution in [2.24, 2.45) is 0 Å². The van der Waals surface area contributed by atoms with Crippen LogP contribution in [0.2, 0.25) is 0 Å². The fourth-order valence-corrected chi connectivity index (χ4v) is 10.4. The Morgan fingerprint density at radius 3 is 1.97 bits per heavy atom. The van der Waals surface area contributed by atoms with Gasteiger partial charge in [0.25, 0.3) is 0 Å². The number of para-hydroxylation sites is 1. The van der Waals surface area contributed by atoms with E-state index in [1.807, 2.05) is 54.9 Å². The molecule has 1 N–H and O–H groups in total. The van der Waals surface area contributed by atoms with Gasteiger partial charge in [-0.3, -0.25) is 9.67 Å². The summed E-state index contributed by atoms with van der Waals surface area (Å²) in [6.45, 7) is 0. The Labute approximate surface area is 236 Å². The van der Waals surface area contributed by atoms with Crippen LogP contribution in [0.3, 0.4) is 0 Å². The maximum Gasteiger partial charge on any atom is 0.182 e. The Bertz CT molecular complexity index is 1590. The maximum absolute atomic E-state index is 10.7. The van der Waals surface area contributed by atoms with Crippen LogP contribution in [0, 0.1) is 6.07 Å². The Morgan fingerprint density at radius 1 is 0.658 bits per heavy atom. The third-order valence-electron chi connectivity index (χ3n) is 6.75. The minimum Gasteiger partial charge on any atom is -0.507 e. The van der Waals surface area contributed by atoms with Crippen LogP contribution in [-0.4, -0.2) is 27.9 Å². The molecule has 0 bridgehead atoms. The molecule has 4 aromatic carbocycles. The molecule has 0 amide bonds. The molecule has 0 atom stereocenters. The van der Waals surface area contributed by atoms with Crippen molar-refractivity contribution in [2.45, 2.75) is 0 Å². The second-order valence-electron chi connectivity index (χ2n) is 8.78. The van der Waals surface area contributed by atoms with Gasteiger partial charge in [0.1, 0.15) is 5.75 Å². The van der Waals surface area contributed by atoms with Crippen molar-refractivity contribution in [1.29, 1.82) is 0 Å². The number of fused-ring (bicyclic) bond motifs is 3. The normalized spacial score (nSPS) is 12.3. The summed E-state index contributed by atoms with van der Waals surface area (Å²) in [5.41, 5.74) is 2.78. The number of benzene rings is 4. The standard InChI is InChI=1S/C23H17NOSi.C9H7N2.Ir/c25-19-13-7-14-20-22(19)23-21(15-8-16-24-23)26(20,17-9-3-1-4-10-17)18-11-5-2-6-12-18;1-2-5-9(6-3-1)11-8-4-7-10-11;/h1-16,25H;1-5,7-8H;/q;-1;. The predicted molar refractivity (Wildman–Crippen MR) is 151 cm³/mol. The zero-order valence-electron chi connectivity index (χ0n) is 20.4. The average molecular weight is 687 g/mol. The number of nitrogens with zero attached hydrogens (tertiary/aromatic N) is 3. The molecule has 6 heteroatoms. The Balaban J connectivity index is 0.000000206. The van der Waals surface area contributed by atoms with E-state index in [4.69, 9.17) is 0 Å². The van der Waals surface area contributed by atoms with Gasteiger partial charge in [-0.05, 0) is 44.6 Å². The predicted octanol–water partition coefficient (Wildman–Crippen LogP) is 3.81. The summed E-state index contributed by atoms with van der Waals surface area (Å²) in [6.07, 6.45) is 5.46. The van der Waals surface area contributed by atoms with Gasteiger partial charge >= 0.3 is 0 Å². The van der Waals surface area contributed by atoms with E-state index in [2.05, 4.69) is 88.9 Å². The third-order valence-corrected chi connectivity index (χ3v) is 11.6. The van der Waals surface area contributed by atoms with Crippen LogP contribution in [0.25, 0.3) is 16.9 Å². The maximum atomic E-state index is 10.7. The molecule has 38 heavy (non-hydrogen) atoms. The number of phenols is 1. The van der Waals surface area contributed by atoms with E-state index in [0.29, 0.717) is 5.75 Å². The molecule has 0 fully saturated rings. The van der Waals surface area contributed by atoms with Crippen molar-refractivity contribution < 1.29 is 25.2 Å². The summed E-state index contributed by atoms with van der Waals surface area (Å²) in [5, 5.41) is 19.8. The number of pyridine rings is 1. The van der Waals surface area contributed by atoms with E-state index in [-0.39, 0.29) is 20.1 Å². The molecule has 0 spiro atoms. The first-order valence-corrected chi connectivity index (χ1v) is 14.2. The Morgan fingerprint density at radius 2 is 1.34 bits per heavy atom. The Hall–Kier alpha value is -4.09. The molecule has 3 heterocycles. The van der Waals surface area contributed by atoms with Crippen LogP contribution in [0.1, 0.15) is 0 Å². The van der Waals surface area contributed by atoms with E-state index in [1.54, 1.807) is 16.9 Å². The molecule has 0 saturated heterocycles. The van der Waals surface area contributed by atoms with Crippen molar-refractivity contribution in [3.8, 4) is 22.7 Å². The van der Waals surface area contributed by atoms with Crippen molar-refractivity contribution in [3.63, 3.8) is 0 Å². The first-order valence-electron chi connectivity index (χ1n) is 12.2. The van der Waals surface area contributed by atoms with Gasteiger partial charge in [0.15, 0.2) is 8.07 Å². The van der Waals surface area contributed by atoms with Gasteiger partial charge in [0.2, 0.25) is 0 Å². The average Bonchev–Trinajstić information content (AvgIpc) is 3.61. The molecule has 1 aliphatic rings. The number of hydrogen-bond acceptors (Lipinski definition) is 3. The van der Waals surface area contributed by atoms with E-state index in [1.165, 1.54) is 20.7 Å². The summed E-state index contributed by atoms with van der Waals surface area (Å²) >= 11 is 0. The molecule has 0 unspecified atom stereocenters. The molecule has 6 aromatic rings. The molecule has 2 aromatic heterocycles. The SMILES string of the molecule is Oc1cccc2c1-c1ncccc1[Si]2(c1ccccc1)c1ccccc1.[Ir].[c-]1ccccc1-n1cccn1. The molecule has 0 saturated carbocycles. The van der Waals surface area contributed by atoms with Crippen LogP contribution in [-0.2, 0) is 20.1 Å². The van der Waals surface area contributed by atoms with Gasteiger partial charge < -0.3 is 5.11 Å². The fourth-order valence-electron chi connectivity index (χ4n) is 5.26. The second-order valence-corrected chi connectivity index (χ2v) is 12.5. The van der Waals surface area contributed by atoms with Crippen molar-refractivity contribution in [2.75, 3.05) is 0 Å². The number of hydrogen-bond donors (Lipinski definition) is 1. The van der Waals surface area contributed by atoms with Crippen molar-refractivity contribution >= 4 is 28.8 Å². The van der Waals surface area contributed by atoms with Crippen molar-refractivity contribution in [1.82, 2.24) is 14.8 Å². The van der Waals surface area contributed by atoms with E-state index >= 15 is 0 Å². The second kappa shape index (κ2) is 11.1. The van der Waals surface area contributed by atoms with Gasteiger partial charge in [-0.15, -0.1) is 6.07 Å². The summed E-state index contributed by atoms with van der Waals surface area (Å²) in [5.74, 6) is 0.309. The fraction of sp³-hybridized carbons (Fsp3) is 0. The van der Waals surface area contributed by atoms with Crippen LogP contribution < -0.4 is 20.7 Å². The minimum atomic E-state index is -2.48. The van der Waals surface area contributed by atoms with Gasteiger partial charge in [0.05, 0.1) is 5.69 Å². The van der Waals surface area contributed by atoms with Gasteiger partial charge in [-0.2, -0.15) is 29.4 Å². The molecule has 1 aliphatic heterocycles. The molecule has 1 radical (unpaired) electrons. The Kier molecular flexibility index (Phi) is 7.47. The van der Waals surface area contributed by atoms with E-state index < -0.39 is 8.07 Å².